The Morgan fingerprint density at radius 2 is 2.14 bits per heavy atom. The number of fused-ring (bicyclic) bond motifs is 1. The maximum absolute atomic E-state index is 11.6. The summed E-state index contributed by atoms with van der Waals surface area (Å²) in [5.74, 6) is 0.0746. The molecule has 0 unspecified atom stereocenters. The molecule has 3 nitrogen and oxygen atoms in total. The average molecular weight is 190 g/mol. The Morgan fingerprint density at radius 3 is 2.86 bits per heavy atom. The lowest BCUT2D eigenvalue weighted by atomic mass is 10.1. The van der Waals surface area contributed by atoms with E-state index in [1.165, 1.54) is 0 Å². The molecule has 0 aromatic heterocycles. The molecule has 1 aliphatic rings. The fraction of sp³-hybridized carbons (Fsp3) is 0.364. The molecule has 0 saturated heterocycles. The average Bonchev–Trinajstić information content (AvgIpc) is 2.20. The van der Waals surface area contributed by atoms with Crippen LogP contribution in [0, 0.1) is 0 Å². The van der Waals surface area contributed by atoms with Gasteiger partial charge in [0.25, 0.3) is 0 Å². The van der Waals surface area contributed by atoms with Gasteiger partial charge in [-0.2, -0.15) is 0 Å². The Morgan fingerprint density at radius 1 is 1.43 bits per heavy atom. The molecule has 1 aliphatic heterocycles. The summed E-state index contributed by atoms with van der Waals surface area (Å²) in [6.45, 7) is 4.84. The third-order valence-corrected chi connectivity index (χ3v) is 2.66. The highest BCUT2D eigenvalue weighted by molar-refractivity contribution is 6.03. The number of carbonyl (C=O) groups is 1. The SMILES string of the molecule is CCN1c2ccccc2NC(=O)[C@@H]1C. The monoisotopic (exact) mass is 190 g/mol. The van der Waals surface area contributed by atoms with E-state index in [2.05, 4.69) is 17.1 Å². The maximum Gasteiger partial charge on any atom is 0.246 e. The van der Waals surface area contributed by atoms with Gasteiger partial charge < -0.3 is 10.2 Å². The molecule has 74 valence electrons. The van der Waals surface area contributed by atoms with Crippen LogP contribution < -0.4 is 10.2 Å². The molecule has 2 rings (SSSR count). The fourth-order valence-electron chi connectivity index (χ4n) is 1.86. The molecule has 14 heavy (non-hydrogen) atoms. The first-order valence-electron chi connectivity index (χ1n) is 4.90. The Hall–Kier alpha value is -1.51. The number of nitrogens with one attached hydrogen (secondary N) is 1. The Labute approximate surface area is 83.7 Å². The molecule has 1 N–H and O–H groups in total. The van der Waals surface area contributed by atoms with Gasteiger partial charge in [-0.25, -0.2) is 0 Å². The zero-order valence-corrected chi connectivity index (χ0v) is 8.45. The van der Waals surface area contributed by atoms with Crippen molar-refractivity contribution < 1.29 is 4.79 Å². The van der Waals surface area contributed by atoms with Gasteiger partial charge in [-0.15, -0.1) is 0 Å². The van der Waals surface area contributed by atoms with Crippen LogP contribution in [0.4, 0.5) is 11.4 Å². The molecule has 0 spiro atoms. The van der Waals surface area contributed by atoms with Gasteiger partial charge in [0, 0.05) is 6.54 Å². The van der Waals surface area contributed by atoms with E-state index in [0.717, 1.165) is 17.9 Å². The van der Waals surface area contributed by atoms with Crippen molar-refractivity contribution in [3.05, 3.63) is 24.3 Å². The molecule has 0 radical (unpaired) electrons. The van der Waals surface area contributed by atoms with Crippen LogP contribution in [0.5, 0.6) is 0 Å². The lowest BCUT2D eigenvalue weighted by Gasteiger charge is -2.35. The van der Waals surface area contributed by atoms with Crippen LogP contribution in [0.25, 0.3) is 0 Å². The second-order valence-corrected chi connectivity index (χ2v) is 3.47. The van der Waals surface area contributed by atoms with E-state index in [4.69, 9.17) is 0 Å². The third-order valence-electron chi connectivity index (χ3n) is 2.66. The molecular formula is C11H14N2O. The van der Waals surface area contributed by atoms with E-state index in [0.29, 0.717) is 0 Å². The summed E-state index contributed by atoms with van der Waals surface area (Å²) >= 11 is 0. The first kappa shape index (κ1) is 9.06. The fourth-order valence-corrected chi connectivity index (χ4v) is 1.86. The summed E-state index contributed by atoms with van der Waals surface area (Å²) in [6.07, 6.45) is 0. The largest absolute Gasteiger partial charge is 0.358 e. The Bertz CT molecular complexity index is 362. The number of likely N-dealkylation sites (N-methyl/N-ethyl adjacent to an activating group) is 1. The van der Waals surface area contributed by atoms with Crippen LogP contribution in [-0.2, 0) is 4.79 Å². The standard InChI is InChI=1S/C11H14N2O/c1-3-13-8(2)11(14)12-9-6-4-5-7-10(9)13/h4-8H,3H2,1-2H3,(H,12,14)/t8-/m0/s1. The second kappa shape index (κ2) is 3.33. The summed E-state index contributed by atoms with van der Waals surface area (Å²) in [6, 6.07) is 7.82. The topological polar surface area (TPSA) is 32.3 Å². The molecule has 3 heteroatoms. The summed E-state index contributed by atoms with van der Waals surface area (Å²) in [5.41, 5.74) is 2.03. The van der Waals surface area contributed by atoms with Crippen LogP contribution in [0.15, 0.2) is 24.3 Å². The van der Waals surface area contributed by atoms with Gasteiger partial charge >= 0.3 is 0 Å². The molecule has 0 aliphatic carbocycles. The van der Waals surface area contributed by atoms with E-state index < -0.39 is 0 Å². The number of nitrogens with zero attached hydrogens (tertiary/aromatic N) is 1. The second-order valence-electron chi connectivity index (χ2n) is 3.47. The molecule has 0 fully saturated rings. The van der Waals surface area contributed by atoms with Crippen molar-refractivity contribution in [1.29, 1.82) is 0 Å². The van der Waals surface area contributed by atoms with Gasteiger partial charge in [0.15, 0.2) is 0 Å². The van der Waals surface area contributed by atoms with Gasteiger partial charge in [0.05, 0.1) is 11.4 Å². The molecule has 0 saturated carbocycles. The van der Waals surface area contributed by atoms with Crippen molar-refractivity contribution in [2.45, 2.75) is 19.9 Å². The number of carbonyl (C=O) groups excluding carboxylic acids is 1. The van der Waals surface area contributed by atoms with E-state index in [9.17, 15) is 4.79 Å². The predicted octanol–water partition coefficient (Wildman–Crippen LogP) is 1.85. The van der Waals surface area contributed by atoms with Crippen LogP contribution in [0.2, 0.25) is 0 Å². The van der Waals surface area contributed by atoms with Crippen molar-refractivity contribution >= 4 is 17.3 Å². The summed E-state index contributed by atoms with van der Waals surface area (Å²) in [5, 5.41) is 2.89. The molecule has 1 amide bonds. The van der Waals surface area contributed by atoms with Gasteiger partial charge in [-0.05, 0) is 26.0 Å². The molecule has 1 atom stereocenters. The van der Waals surface area contributed by atoms with Crippen molar-refractivity contribution in [1.82, 2.24) is 0 Å². The predicted molar refractivity (Wildman–Crippen MR) is 57.6 cm³/mol. The third kappa shape index (κ3) is 1.25. The maximum atomic E-state index is 11.6. The molecular weight excluding hydrogens is 176 g/mol. The zero-order chi connectivity index (χ0) is 10.1. The van der Waals surface area contributed by atoms with E-state index in [-0.39, 0.29) is 11.9 Å². The zero-order valence-electron chi connectivity index (χ0n) is 8.45. The summed E-state index contributed by atoms with van der Waals surface area (Å²) < 4.78 is 0. The highest BCUT2D eigenvalue weighted by atomic mass is 16.2. The lowest BCUT2D eigenvalue weighted by Crippen LogP contribution is -2.46. The van der Waals surface area contributed by atoms with E-state index in [1.807, 2.05) is 31.2 Å². The van der Waals surface area contributed by atoms with E-state index >= 15 is 0 Å². The first-order valence-corrected chi connectivity index (χ1v) is 4.90. The van der Waals surface area contributed by atoms with Crippen LogP contribution in [-0.4, -0.2) is 18.5 Å². The highest BCUT2D eigenvalue weighted by Crippen LogP contribution is 2.30. The number of para-hydroxylation sites is 2. The number of hydrogen-bond donors (Lipinski definition) is 1. The minimum atomic E-state index is -0.0742. The van der Waals surface area contributed by atoms with Crippen LogP contribution in [0.3, 0.4) is 0 Å². The van der Waals surface area contributed by atoms with Gasteiger partial charge in [-0.1, -0.05) is 12.1 Å². The van der Waals surface area contributed by atoms with Gasteiger partial charge in [-0.3, -0.25) is 4.79 Å². The Kier molecular flexibility index (Phi) is 2.15. The van der Waals surface area contributed by atoms with Crippen LogP contribution >= 0.6 is 0 Å². The highest BCUT2D eigenvalue weighted by Gasteiger charge is 2.27. The first-order chi connectivity index (χ1) is 6.74. The number of amides is 1. The molecule has 1 aromatic carbocycles. The van der Waals surface area contributed by atoms with Crippen molar-refractivity contribution in [3.8, 4) is 0 Å². The number of rotatable bonds is 1. The smallest absolute Gasteiger partial charge is 0.246 e. The van der Waals surface area contributed by atoms with Crippen molar-refractivity contribution in [3.63, 3.8) is 0 Å². The van der Waals surface area contributed by atoms with Crippen molar-refractivity contribution in [2.75, 3.05) is 16.8 Å². The summed E-state index contributed by atoms with van der Waals surface area (Å²) in [4.78, 5) is 13.7. The molecule has 1 aromatic rings. The number of anilines is 2. The lowest BCUT2D eigenvalue weighted by molar-refractivity contribution is -0.117. The normalized spacial score (nSPS) is 20.3. The number of hydrogen-bond acceptors (Lipinski definition) is 2. The number of benzene rings is 1. The van der Waals surface area contributed by atoms with Crippen LogP contribution in [0.1, 0.15) is 13.8 Å². The minimum Gasteiger partial charge on any atom is -0.358 e. The minimum absolute atomic E-state index is 0.0742. The summed E-state index contributed by atoms with van der Waals surface area (Å²) in [7, 11) is 0. The van der Waals surface area contributed by atoms with Gasteiger partial charge in [0.2, 0.25) is 5.91 Å². The molecule has 0 bridgehead atoms. The van der Waals surface area contributed by atoms with Gasteiger partial charge in [0.1, 0.15) is 6.04 Å². The Balaban J connectivity index is 2.47. The quantitative estimate of drug-likeness (QED) is 0.733. The van der Waals surface area contributed by atoms with Crippen molar-refractivity contribution in [2.24, 2.45) is 0 Å². The van der Waals surface area contributed by atoms with E-state index in [1.54, 1.807) is 0 Å². The molecule has 1 heterocycles.